The van der Waals surface area contributed by atoms with Gasteiger partial charge < -0.3 is 4.74 Å². The van der Waals surface area contributed by atoms with Gasteiger partial charge in [-0.1, -0.05) is 13.8 Å². The maximum Gasteiger partial charge on any atom is 0.309 e. The van der Waals surface area contributed by atoms with Crippen molar-refractivity contribution in [2.45, 2.75) is 20.8 Å². The molecule has 0 amide bonds. The molecule has 0 atom stereocenters. The van der Waals surface area contributed by atoms with Gasteiger partial charge in [-0.05, 0) is 6.92 Å². The van der Waals surface area contributed by atoms with Crippen LogP contribution in [-0.2, 0) is 14.3 Å². The molecule has 0 aliphatic carbocycles. The van der Waals surface area contributed by atoms with Crippen LogP contribution in [0.4, 0.5) is 0 Å². The summed E-state index contributed by atoms with van der Waals surface area (Å²) in [7, 11) is 0. The first-order valence-electron chi connectivity index (χ1n) is 3.91. The average molecular weight is 173 g/mol. The number of Topliss-reactive ketones (excluding diaryl/α,β-unsaturated/α-hetero) is 1. The van der Waals surface area contributed by atoms with Crippen LogP contribution in [0.3, 0.4) is 0 Å². The lowest BCUT2D eigenvalue weighted by molar-refractivity contribution is -0.148. The molecule has 4 nitrogen and oxygen atoms in total. The highest BCUT2D eigenvalue weighted by atomic mass is 16.5. The van der Waals surface area contributed by atoms with Gasteiger partial charge >= 0.3 is 5.97 Å². The molecular formula is C8H15NO3. The van der Waals surface area contributed by atoms with Gasteiger partial charge in [-0.3, -0.25) is 14.9 Å². The lowest BCUT2D eigenvalue weighted by Gasteiger charge is -2.06. The van der Waals surface area contributed by atoms with E-state index in [9.17, 15) is 9.59 Å². The highest BCUT2D eigenvalue weighted by Crippen LogP contribution is 1.93. The molecule has 0 unspecified atom stereocenters. The highest BCUT2D eigenvalue weighted by Gasteiger charge is 2.06. The van der Waals surface area contributed by atoms with E-state index in [2.05, 4.69) is 5.32 Å². The van der Waals surface area contributed by atoms with Crippen molar-refractivity contribution in [3.63, 3.8) is 0 Å². The van der Waals surface area contributed by atoms with E-state index in [0.29, 0.717) is 0 Å². The number of rotatable bonds is 5. The van der Waals surface area contributed by atoms with Gasteiger partial charge in [-0.25, -0.2) is 0 Å². The van der Waals surface area contributed by atoms with Crippen molar-refractivity contribution in [2.75, 3.05) is 13.3 Å². The first-order chi connectivity index (χ1) is 5.54. The first kappa shape index (κ1) is 11.1. The van der Waals surface area contributed by atoms with E-state index in [4.69, 9.17) is 4.74 Å². The lowest BCUT2D eigenvalue weighted by Crippen LogP contribution is -2.26. The largest absolute Gasteiger partial charge is 0.450 e. The third-order valence-corrected chi connectivity index (χ3v) is 1.16. The summed E-state index contributed by atoms with van der Waals surface area (Å²) in [5.41, 5.74) is 0. The number of carbonyl (C=O) groups is 2. The van der Waals surface area contributed by atoms with Crippen LogP contribution in [0.2, 0.25) is 0 Å². The summed E-state index contributed by atoms with van der Waals surface area (Å²) in [5, 5.41) is 2.68. The second-order valence-electron chi connectivity index (χ2n) is 2.89. The molecule has 0 saturated carbocycles. The minimum Gasteiger partial charge on any atom is -0.450 e. The van der Waals surface area contributed by atoms with Crippen molar-refractivity contribution in [1.29, 1.82) is 0 Å². The molecule has 0 saturated heterocycles. The van der Waals surface area contributed by atoms with Crippen LogP contribution >= 0.6 is 0 Å². The molecule has 0 rings (SSSR count). The Morgan fingerprint density at radius 3 is 2.42 bits per heavy atom. The quantitative estimate of drug-likeness (QED) is 0.369. The number of hydrogen-bond donors (Lipinski definition) is 1. The number of esters is 1. The van der Waals surface area contributed by atoms with Crippen LogP contribution in [0, 0.1) is 5.92 Å². The first-order valence-corrected chi connectivity index (χ1v) is 3.91. The minimum absolute atomic E-state index is 0.0237. The van der Waals surface area contributed by atoms with Crippen molar-refractivity contribution >= 4 is 11.8 Å². The van der Waals surface area contributed by atoms with Crippen LogP contribution in [0.15, 0.2) is 0 Å². The number of hydrogen-bond acceptors (Lipinski definition) is 4. The SMILES string of the molecule is CC(=O)CNCOC(=O)C(C)C. The van der Waals surface area contributed by atoms with Gasteiger partial charge in [-0.15, -0.1) is 0 Å². The standard InChI is InChI=1S/C8H15NO3/c1-6(2)8(11)12-5-9-4-7(3)10/h6,9H,4-5H2,1-3H3. The molecule has 4 heteroatoms. The maximum absolute atomic E-state index is 10.8. The zero-order chi connectivity index (χ0) is 9.56. The molecule has 0 heterocycles. The Labute approximate surface area is 72.3 Å². The number of nitrogens with one attached hydrogen (secondary N) is 1. The van der Waals surface area contributed by atoms with Gasteiger partial charge in [0.05, 0.1) is 12.5 Å². The summed E-state index contributed by atoms with van der Waals surface area (Å²) in [6.45, 7) is 5.33. The van der Waals surface area contributed by atoms with Crippen molar-refractivity contribution in [3.05, 3.63) is 0 Å². The van der Waals surface area contributed by atoms with E-state index < -0.39 is 0 Å². The van der Waals surface area contributed by atoms with E-state index in [1.807, 2.05) is 0 Å². The van der Waals surface area contributed by atoms with Crippen molar-refractivity contribution in [3.8, 4) is 0 Å². The molecule has 0 aromatic carbocycles. The Kier molecular flexibility index (Phi) is 5.28. The van der Waals surface area contributed by atoms with Crippen LogP contribution in [0.5, 0.6) is 0 Å². The molecule has 12 heavy (non-hydrogen) atoms. The monoisotopic (exact) mass is 173 g/mol. The predicted octanol–water partition coefficient (Wildman–Crippen LogP) is 0.322. The summed E-state index contributed by atoms with van der Waals surface area (Å²) in [6, 6.07) is 0. The topological polar surface area (TPSA) is 55.4 Å². The minimum atomic E-state index is -0.258. The van der Waals surface area contributed by atoms with Crippen LogP contribution in [0.1, 0.15) is 20.8 Å². The van der Waals surface area contributed by atoms with Gasteiger partial charge in [0.15, 0.2) is 0 Å². The molecular weight excluding hydrogens is 158 g/mol. The van der Waals surface area contributed by atoms with Crippen molar-refractivity contribution < 1.29 is 14.3 Å². The normalized spacial score (nSPS) is 10.0. The zero-order valence-corrected chi connectivity index (χ0v) is 7.72. The molecule has 0 fully saturated rings. The smallest absolute Gasteiger partial charge is 0.309 e. The fourth-order valence-corrected chi connectivity index (χ4v) is 0.516. The molecule has 0 spiro atoms. The molecule has 0 aromatic heterocycles. The van der Waals surface area contributed by atoms with Crippen LogP contribution in [-0.4, -0.2) is 25.0 Å². The summed E-state index contributed by atoms with van der Waals surface area (Å²) >= 11 is 0. The highest BCUT2D eigenvalue weighted by molar-refractivity contribution is 5.77. The van der Waals surface area contributed by atoms with Gasteiger partial charge in [0.1, 0.15) is 12.5 Å². The van der Waals surface area contributed by atoms with Crippen LogP contribution in [0.25, 0.3) is 0 Å². The molecule has 70 valence electrons. The van der Waals surface area contributed by atoms with Gasteiger partial charge in [-0.2, -0.15) is 0 Å². The maximum atomic E-state index is 10.8. The molecule has 0 aliphatic heterocycles. The Morgan fingerprint density at radius 2 is 2.00 bits per heavy atom. The predicted molar refractivity (Wildman–Crippen MR) is 44.5 cm³/mol. The number of ketones is 1. The fourth-order valence-electron chi connectivity index (χ4n) is 0.516. The van der Waals surface area contributed by atoms with E-state index in [0.717, 1.165) is 0 Å². The summed E-state index contributed by atoms with van der Waals surface area (Å²) in [5.74, 6) is -0.356. The van der Waals surface area contributed by atoms with E-state index in [-0.39, 0.29) is 30.9 Å². The molecule has 0 aliphatic rings. The second kappa shape index (κ2) is 5.71. The molecule has 0 aromatic rings. The van der Waals surface area contributed by atoms with Gasteiger partial charge in [0, 0.05) is 0 Å². The lowest BCUT2D eigenvalue weighted by atomic mass is 10.2. The fraction of sp³-hybridized carbons (Fsp3) is 0.750. The average Bonchev–Trinajstić information content (AvgIpc) is 1.97. The van der Waals surface area contributed by atoms with Crippen molar-refractivity contribution in [2.24, 2.45) is 5.92 Å². The summed E-state index contributed by atoms with van der Waals surface area (Å²) < 4.78 is 4.75. The zero-order valence-electron chi connectivity index (χ0n) is 7.72. The summed E-state index contributed by atoms with van der Waals surface area (Å²) in [6.07, 6.45) is 0. The third kappa shape index (κ3) is 5.85. The molecule has 1 N–H and O–H groups in total. The Morgan fingerprint density at radius 1 is 1.42 bits per heavy atom. The van der Waals surface area contributed by atoms with E-state index in [1.54, 1.807) is 13.8 Å². The Bertz CT molecular complexity index is 166. The Hall–Kier alpha value is -0.900. The van der Waals surface area contributed by atoms with Crippen molar-refractivity contribution in [1.82, 2.24) is 5.32 Å². The number of ether oxygens (including phenoxy) is 1. The van der Waals surface area contributed by atoms with Gasteiger partial charge in [0.2, 0.25) is 0 Å². The van der Waals surface area contributed by atoms with E-state index >= 15 is 0 Å². The molecule has 0 radical (unpaired) electrons. The van der Waals surface area contributed by atoms with E-state index in [1.165, 1.54) is 6.92 Å². The van der Waals surface area contributed by atoms with Gasteiger partial charge in [0.25, 0.3) is 0 Å². The molecule has 0 bridgehead atoms. The number of carbonyl (C=O) groups excluding carboxylic acids is 2. The third-order valence-electron chi connectivity index (χ3n) is 1.16. The second-order valence-corrected chi connectivity index (χ2v) is 2.89. The summed E-state index contributed by atoms with van der Waals surface area (Å²) in [4.78, 5) is 21.3. The van der Waals surface area contributed by atoms with Crippen LogP contribution < -0.4 is 5.32 Å². The Balaban J connectivity index is 3.32.